The molecule has 2 N–H and O–H groups in total. The molecule has 1 aliphatic rings. The third-order valence-electron chi connectivity index (χ3n) is 4.39. The van der Waals surface area contributed by atoms with E-state index >= 15 is 0 Å². The van der Waals surface area contributed by atoms with E-state index in [0.717, 1.165) is 0 Å². The summed E-state index contributed by atoms with van der Waals surface area (Å²) in [5, 5.41) is 11.7. The van der Waals surface area contributed by atoms with Crippen LogP contribution >= 0.6 is 0 Å². The van der Waals surface area contributed by atoms with Crippen molar-refractivity contribution in [3.63, 3.8) is 0 Å². The minimum atomic E-state index is -3.68. The Labute approximate surface area is 141 Å². The van der Waals surface area contributed by atoms with Crippen molar-refractivity contribution in [1.29, 1.82) is 0 Å². The Morgan fingerprint density at radius 2 is 1.96 bits per heavy atom. The Kier molecular flexibility index (Phi) is 5.00. The van der Waals surface area contributed by atoms with E-state index in [0.29, 0.717) is 12.8 Å². The van der Waals surface area contributed by atoms with E-state index in [2.05, 4.69) is 5.32 Å². The number of hydrogen-bond acceptors (Lipinski definition) is 4. The number of nitrogens with one attached hydrogen (secondary N) is 1. The molecule has 0 atom stereocenters. The second-order valence-corrected chi connectivity index (χ2v) is 8.41. The molecule has 1 aliphatic carbocycles. The summed E-state index contributed by atoms with van der Waals surface area (Å²) < 4.78 is 26.2. The van der Waals surface area contributed by atoms with Crippen LogP contribution < -0.4 is 5.32 Å². The molecule has 0 aromatic heterocycles. The lowest BCUT2D eigenvalue weighted by atomic mass is 10.1. The summed E-state index contributed by atoms with van der Waals surface area (Å²) in [4.78, 5) is 23.4. The molecule has 0 radical (unpaired) electrons. The normalized spacial score (nSPS) is 16.2. The van der Waals surface area contributed by atoms with Crippen molar-refractivity contribution in [2.24, 2.45) is 5.41 Å². The van der Waals surface area contributed by atoms with E-state index in [1.54, 1.807) is 13.8 Å². The van der Waals surface area contributed by atoms with Gasteiger partial charge in [-0.3, -0.25) is 9.59 Å². The van der Waals surface area contributed by atoms with E-state index in [1.807, 2.05) is 0 Å². The molecular formula is C16H22N2O5S. The van der Waals surface area contributed by atoms with Crippen LogP contribution in [0.25, 0.3) is 0 Å². The first-order chi connectivity index (χ1) is 11.1. The number of carbonyl (C=O) groups excluding carboxylic acids is 1. The van der Waals surface area contributed by atoms with E-state index in [-0.39, 0.29) is 23.0 Å². The van der Waals surface area contributed by atoms with Crippen LogP contribution in [-0.4, -0.2) is 49.3 Å². The minimum absolute atomic E-state index is 0.0331. The van der Waals surface area contributed by atoms with Gasteiger partial charge in [-0.15, -0.1) is 0 Å². The SMILES string of the molecule is CC(C)N(C)S(=O)(=O)c1cccc(C(=O)NCC2(C(=O)O)CC2)c1. The first-order valence-corrected chi connectivity index (χ1v) is 9.14. The number of amides is 1. The number of hydrogen-bond donors (Lipinski definition) is 2. The molecule has 1 amide bonds. The molecule has 2 rings (SSSR count). The molecule has 1 fully saturated rings. The molecule has 0 heterocycles. The van der Waals surface area contributed by atoms with Gasteiger partial charge in [-0.25, -0.2) is 8.42 Å². The molecule has 1 aromatic carbocycles. The molecule has 0 unspecified atom stereocenters. The fourth-order valence-electron chi connectivity index (χ4n) is 2.21. The van der Waals surface area contributed by atoms with Gasteiger partial charge in [-0.2, -0.15) is 4.31 Å². The average molecular weight is 354 g/mol. The molecule has 0 aliphatic heterocycles. The topological polar surface area (TPSA) is 104 Å². The molecule has 8 heteroatoms. The molecule has 0 bridgehead atoms. The third kappa shape index (κ3) is 3.59. The Hall–Kier alpha value is -1.93. The Bertz CT molecular complexity index is 753. The van der Waals surface area contributed by atoms with Gasteiger partial charge in [-0.05, 0) is 44.9 Å². The van der Waals surface area contributed by atoms with Crippen LogP contribution in [0.1, 0.15) is 37.0 Å². The van der Waals surface area contributed by atoms with Crippen LogP contribution in [0, 0.1) is 5.41 Å². The van der Waals surface area contributed by atoms with E-state index in [4.69, 9.17) is 5.11 Å². The quantitative estimate of drug-likeness (QED) is 0.768. The zero-order chi connectivity index (χ0) is 18.1. The number of benzene rings is 1. The van der Waals surface area contributed by atoms with Crippen LogP contribution in [-0.2, 0) is 14.8 Å². The van der Waals surface area contributed by atoms with Crippen molar-refractivity contribution in [1.82, 2.24) is 9.62 Å². The average Bonchev–Trinajstić information content (AvgIpc) is 3.33. The van der Waals surface area contributed by atoms with Crippen molar-refractivity contribution in [3.05, 3.63) is 29.8 Å². The zero-order valence-electron chi connectivity index (χ0n) is 13.9. The highest BCUT2D eigenvalue weighted by Crippen LogP contribution is 2.45. The summed E-state index contributed by atoms with van der Waals surface area (Å²) in [6.07, 6.45) is 1.08. The summed E-state index contributed by atoms with van der Waals surface area (Å²) in [7, 11) is -2.20. The highest BCUT2D eigenvalue weighted by atomic mass is 32.2. The first-order valence-electron chi connectivity index (χ1n) is 7.70. The van der Waals surface area contributed by atoms with Crippen molar-refractivity contribution in [2.75, 3.05) is 13.6 Å². The fraction of sp³-hybridized carbons (Fsp3) is 0.500. The van der Waals surface area contributed by atoms with Crippen molar-refractivity contribution >= 4 is 21.9 Å². The van der Waals surface area contributed by atoms with Gasteiger partial charge in [0, 0.05) is 25.2 Å². The standard InChI is InChI=1S/C16H22N2O5S/c1-11(2)18(3)24(22,23)13-6-4-5-12(9-13)14(19)17-10-16(7-8-16)15(20)21/h4-6,9,11H,7-8,10H2,1-3H3,(H,17,19)(H,20,21). The van der Waals surface area contributed by atoms with Gasteiger partial charge in [0.1, 0.15) is 0 Å². The lowest BCUT2D eigenvalue weighted by Gasteiger charge is -2.21. The smallest absolute Gasteiger partial charge is 0.311 e. The van der Waals surface area contributed by atoms with Gasteiger partial charge in [0.25, 0.3) is 5.91 Å². The maximum absolute atomic E-state index is 12.5. The maximum atomic E-state index is 12.5. The second-order valence-electron chi connectivity index (χ2n) is 6.41. The van der Waals surface area contributed by atoms with Crippen LogP contribution in [0.3, 0.4) is 0 Å². The maximum Gasteiger partial charge on any atom is 0.311 e. The van der Waals surface area contributed by atoms with Crippen LogP contribution in [0.4, 0.5) is 0 Å². The van der Waals surface area contributed by atoms with Crippen LogP contribution in [0.2, 0.25) is 0 Å². The van der Waals surface area contributed by atoms with Crippen molar-refractivity contribution < 1.29 is 23.1 Å². The molecular weight excluding hydrogens is 332 g/mol. The molecule has 1 aromatic rings. The van der Waals surface area contributed by atoms with E-state index < -0.39 is 27.3 Å². The number of aliphatic carboxylic acids is 1. The zero-order valence-corrected chi connectivity index (χ0v) is 14.8. The van der Waals surface area contributed by atoms with Gasteiger partial charge in [-0.1, -0.05) is 6.07 Å². The number of sulfonamides is 1. The largest absolute Gasteiger partial charge is 0.481 e. The second kappa shape index (κ2) is 6.52. The Morgan fingerprint density at radius 3 is 2.46 bits per heavy atom. The molecule has 132 valence electrons. The minimum Gasteiger partial charge on any atom is -0.481 e. The summed E-state index contributed by atoms with van der Waals surface area (Å²) in [6.45, 7) is 3.56. The summed E-state index contributed by atoms with van der Waals surface area (Å²) in [6, 6.07) is 5.54. The summed E-state index contributed by atoms with van der Waals surface area (Å²) >= 11 is 0. The monoisotopic (exact) mass is 354 g/mol. The number of rotatable bonds is 7. The fourth-order valence-corrected chi connectivity index (χ4v) is 3.62. The Balaban J connectivity index is 2.15. The van der Waals surface area contributed by atoms with Gasteiger partial charge in [0.2, 0.25) is 10.0 Å². The van der Waals surface area contributed by atoms with Gasteiger partial charge in [0.05, 0.1) is 10.3 Å². The highest BCUT2D eigenvalue weighted by molar-refractivity contribution is 7.89. The predicted octanol–water partition coefficient (Wildman–Crippen LogP) is 1.31. The molecule has 0 spiro atoms. The summed E-state index contributed by atoms with van der Waals surface area (Å²) in [5.74, 6) is -1.40. The number of carboxylic acids is 1. The lowest BCUT2D eigenvalue weighted by molar-refractivity contribution is -0.143. The lowest BCUT2D eigenvalue weighted by Crippen LogP contribution is -2.35. The number of nitrogens with zero attached hydrogens (tertiary/aromatic N) is 1. The predicted molar refractivity (Wildman–Crippen MR) is 88.2 cm³/mol. The van der Waals surface area contributed by atoms with Crippen LogP contribution in [0.15, 0.2) is 29.2 Å². The third-order valence-corrected chi connectivity index (χ3v) is 6.42. The molecule has 0 saturated heterocycles. The number of carbonyl (C=O) groups is 2. The molecule has 24 heavy (non-hydrogen) atoms. The van der Waals surface area contributed by atoms with Gasteiger partial charge < -0.3 is 10.4 Å². The van der Waals surface area contributed by atoms with Crippen molar-refractivity contribution in [3.8, 4) is 0 Å². The molecule has 1 saturated carbocycles. The molecule has 7 nitrogen and oxygen atoms in total. The summed E-state index contributed by atoms with van der Waals surface area (Å²) in [5.41, 5.74) is -0.675. The first kappa shape index (κ1) is 18.4. The van der Waals surface area contributed by atoms with Crippen molar-refractivity contribution in [2.45, 2.75) is 37.6 Å². The number of carboxylic acid groups (broad SMARTS) is 1. The van der Waals surface area contributed by atoms with Crippen LogP contribution in [0.5, 0.6) is 0 Å². The van der Waals surface area contributed by atoms with Gasteiger partial charge in [0.15, 0.2) is 0 Å². The van der Waals surface area contributed by atoms with E-state index in [9.17, 15) is 18.0 Å². The highest BCUT2D eigenvalue weighted by Gasteiger charge is 2.50. The Morgan fingerprint density at radius 1 is 1.33 bits per heavy atom. The van der Waals surface area contributed by atoms with E-state index in [1.165, 1.54) is 35.6 Å². The van der Waals surface area contributed by atoms with Gasteiger partial charge >= 0.3 is 5.97 Å².